The van der Waals surface area contributed by atoms with Crippen molar-refractivity contribution in [1.29, 1.82) is 0 Å². The molecule has 1 aromatic carbocycles. The zero-order valence-corrected chi connectivity index (χ0v) is 14.0. The molecule has 2 heterocycles. The molecule has 0 saturated heterocycles. The third kappa shape index (κ3) is 3.40. The van der Waals surface area contributed by atoms with Crippen molar-refractivity contribution in [3.05, 3.63) is 46.4 Å². The van der Waals surface area contributed by atoms with Crippen LogP contribution in [0.15, 0.2) is 24.3 Å². The first kappa shape index (κ1) is 15.6. The van der Waals surface area contributed by atoms with Gasteiger partial charge in [-0.25, -0.2) is 9.97 Å². The number of nitrogens with zero attached hydrogens (tertiary/aromatic N) is 3. The van der Waals surface area contributed by atoms with Gasteiger partial charge < -0.3 is 10.5 Å². The van der Waals surface area contributed by atoms with Crippen molar-refractivity contribution in [2.75, 3.05) is 13.7 Å². The molecule has 0 bridgehead atoms. The average molecular weight is 329 g/mol. The number of hydrogen-bond acceptors (Lipinski definition) is 6. The van der Waals surface area contributed by atoms with E-state index >= 15 is 0 Å². The van der Waals surface area contributed by atoms with E-state index in [1.54, 1.807) is 18.4 Å². The number of ether oxygens (including phenoxy) is 1. The van der Waals surface area contributed by atoms with Gasteiger partial charge in [0.1, 0.15) is 11.6 Å². The van der Waals surface area contributed by atoms with Gasteiger partial charge in [0, 0.05) is 18.4 Å². The molecule has 3 aromatic rings. The molecule has 7 heteroatoms. The molecular weight excluding hydrogens is 310 g/mol. The number of nitrogens with two attached hydrogens (primary N) is 1. The molecule has 0 aliphatic rings. The van der Waals surface area contributed by atoms with Crippen LogP contribution < -0.4 is 10.5 Å². The second-order valence-corrected chi connectivity index (χ2v) is 6.24. The highest BCUT2D eigenvalue weighted by atomic mass is 32.1. The lowest BCUT2D eigenvalue weighted by Gasteiger charge is -2.05. The lowest BCUT2D eigenvalue weighted by molar-refractivity contribution is 0.410. The minimum atomic E-state index is 0.597. The largest absolute Gasteiger partial charge is 0.496 e. The van der Waals surface area contributed by atoms with E-state index in [0.717, 1.165) is 39.1 Å². The van der Waals surface area contributed by atoms with Gasteiger partial charge in [0.25, 0.3) is 0 Å². The van der Waals surface area contributed by atoms with Gasteiger partial charge in [-0.05, 0) is 19.5 Å². The van der Waals surface area contributed by atoms with Crippen molar-refractivity contribution in [3.8, 4) is 16.5 Å². The van der Waals surface area contributed by atoms with Crippen LogP contribution in [0, 0.1) is 6.92 Å². The molecule has 0 spiro atoms. The minimum Gasteiger partial charge on any atom is -0.496 e. The fourth-order valence-corrected chi connectivity index (χ4v) is 3.41. The lowest BCUT2D eigenvalue weighted by Crippen LogP contribution is -2.01. The van der Waals surface area contributed by atoms with Gasteiger partial charge in [0.05, 0.1) is 22.7 Å². The Morgan fingerprint density at radius 2 is 2.09 bits per heavy atom. The molecule has 2 aromatic heterocycles. The molecule has 3 N–H and O–H groups in total. The average Bonchev–Trinajstić information content (AvgIpc) is 3.15. The maximum Gasteiger partial charge on any atom is 0.193 e. The Labute approximate surface area is 138 Å². The molecule has 23 heavy (non-hydrogen) atoms. The van der Waals surface area contributed by atoms with Gasteiger partial charge in [0.15, 0.2) is 5.82 Å². The van der Waals surface area contributed by atoms with Crippen molar-refractivity contribution in [2.24, 2.45) is 5.73 Å². The van der Waals surface area contributed by atoms with E-state index in [-0.39, 0.29) is 0 Å². The van der Waals surface area contributed by atoms with Gasteiger partial charge in [0.2, 0.25) is 0 Å². The topological polar surface area (TPSA) is 89.7 Å². The summed E-state index contributed by atoms with van der Waals surface area (Å²) < 4.78 is 5.38. The number of hydrogen-bond donors (Lipinski definition) is 2. The summed E-state index contributed by atoms with van der Waals surface area (Å²) in [5, 5.41) is 8.37. The van der Waals surface area contributed by atoms with E-state index < -0.39 is 0 Å². The lowest BCUT2D eigenvalue weighted by atomic mass is 10.1. The number of nitrogens with one attached hydrogen (secondary N) is 1. The minimum absolute atomic E-state index is 0.597. The first-order chi connectivity index (χ1) is 11.2. The summed E-state index contributed by atoms with van der Waals surface area (Å²) in [7, 11) is 1.67. The highest BCUT2D eigenvalue weighted by Crippen LogP contribution is 2.28. The molecule has 0 saturated carbocycles. The van der Waals surface area contributed by atoms with Crippen LogP contribution in [0.25, 0.3) is 10.7 Å². The van der Waals surface area contributed by atoms with Crippen molar-refractivity contribution >= 4 is 11.3 Å². The van der Waals surface area contributed by atoms with Crippen LogP contribution in [0.5, 0.6) is 5.75 Å². The van der Waals surface area contributed by atoms with Crippen LogP contribution in [0.4, 0.5) is 0 Å². The summed E-state index contributed by atoms with van der Waals surface area (Å²) in [5.74, 6) is 2.34. The quantitative estimate of drug-likeness (QED) is 0.724. The van der Waals surface area contributed by atoms with Crippen LogP contribution in [0.2, 0.25) is 0 Å². The summed E-state index contributed by atoms with van der Waals surface area (Å²) in [6, 6.07) is 7.91. The Kier molecular flexibility index (Phi) is 4.68. The predicted octanol–water partition coefficient (Wildman–Crippen LogP) is 2.34. The molecule has 0 amide bonds. The summed E-state index contributed by atoms with van der Waals surface area (Å²) >= 11 is 1.60. The summed E-state index contributed by atoms with van der Waals surface area (Å²) in [6.45, 7) is 2.57. The zero-order valence-electron chi connectivity index (χ0n) is 13.2. The molecule has 0 aliphatic carbocycles. The van der Waals surface area contributed by atoms with E-state index in [1.807, 2.05) is 31.2 Å². The number of aromatic amines is 1. The summed E-state index contributed by atoms with van der Waals surface area (Å²) in [5.41, 5.74) is 7.61. The second kappa shape index (κ2) is 6.89. The van der Waals surface area contributed by atoms with Crippen LogP contribution in [0.3, 0.4) is 0 Å². The summed E-state index contributed by atoms with van der Waals surface area (Å²) in [4.78, 5) is 10.1. The molecule has 120 valence electrons. The SMILES string of the molecule is COc1ccccc1Cc1nc(-c2sc(CCN)nc2C)n[nH]1. The van der Waals surface area contributed by atoms with Crippen molar-refractivity contribution in [1.82, 2.24) is 20.2 Å². The Hall–Kier alpha value is -2.25. The number of aryl methyl sites for hydroxylation is 1. The van der Waals surface area contributed by atoms with Crippen LogP contribution in [-0.4, -0.2) is 33.8 Å². The van der Waals surface area contributed by atoms with E-state index in [1.165, 1.54) is 0 Å². The van der Waals surface area contributed by atoms with Gasteiger partial charge in [-0.1, -0.05) is 18.2 Å². The Morgan fingerprint density at radius 1 is 1.26 bits per heavy atom. The zero-order chi connectivity index (χ0) is 16.2. The van der Waals surface area contributed by atoms with Crippen LogP contribution >= 0.6 is 11.3 Å². The fraction of sp³-hybridized carbons (Fsp3) is 0.312. The fourth-order valence-electron chi connectivity index (χ4n) is 2.40. The summed E-state index contributed by atoms with van der Waals surface area (Å²) in [6.07, 6.45) is 1.43. The van der Waals surface area contributed by atoms with Crippen molar-refractivity contribution in [2.45, 2.75) is 19.8 Å². The highest BCUT2D eigenvalue weighted by molar-refractivity contribution is 7.15. The molecule has 0 aliphatic heterocycles. The molecule has 0 unspecified atom stereocenters. The Balaban J connectivity index is 1.83. The Morgan fingerprint density at radius 3 is 2.87 bits per heavy atom. The number of para-hydroxylation sites is 1. The van der Waals surface area contributed by atoms with E-state index in [0.29, 0.717) is 18.8 Å². The monoisotopic (exact) mass is 329 g/mol. The first-order valence-electron chi connectivity index (χ1n) is 7.41. The van der Waals surface area contributed by atoms with Crippen LogP contribution in [0.1, 0.15) is 22.1 Å². The molecule has 0 atom stereocenters. The van der Waals surface area contributed by atoms with Crippen molar-refractivity contribution < 1.29 is 4.74 Å². The number of benzene rings is 1. The van der Waals surface area contributed by atoms with Gasteiger partial charge >= 0.3 is 0 Å². The predicted molar refractivity (Wildman–Crippen MR) is 90.8 cm³/mol. The molecule has 0 fully saturated rings. The van der Waals surface area contributed by atoms with E-state index in [9.17, 15) is 0 Å². The second-order valence-electron chi connectivity index (χ2n) is 5.16. The number of methoxy groups -OCH3 is 1. The van der Waals surface area contributed by atoms with Gasteiger partial charge in [-0.2, -0.15) is 5.10 Å². The standard InChI is InChI=1S/C16H19N5OS/c1-10-15(23-14(18-10)7-8-17)16-19-13(20-21-16)9-11-5-3-4-6-12(11)22-2/h3-6H,7-9,17H2,1-2H3,(H,19,20,21). The Bertz CT molecular complexity index is 795. The smallest absolute Gasteiger partial charge is 0.193 e. The third-order valence-electron chi connectivity index (χ3n) is 3.48. The number of H-pyrrole nitrogens is 1. The van der Waals surface area contributed by atoms with Gasteiger partial charge in [-0.3, -0.25) is 5.10 Å². The number of thiazole rings is 1. The molecular formula is C16H19N5OS. The van der Waals surface area contributed by atoms with Gasteiger partial charge in [-0.15, -0.1) is 11.3 Å². The maximum atomic E-state index is 5.59. The van der Waals surface area contributed by atoms with Crippen molar-refractivity contribution in [3.63, 3.8) is 0 Å². The molecule has 0 radical (unpaired) electrons. The highest BCUT2D eigenvalue weighted by Gasteiger charge is 2.15. The van der Waals surface area contributed by atoms with E-state index in [2.05, 4.69) is 20.2 Å². The molecule has 3 rings (SSSR count). The third-order valence-corrected chi connectivity index (χ3v) is 4.70. The molecule has 6 nitrogen and oxygen atoms in total. The van der Waals surface area contributed by atoms with Crippen LogP contribution in [-0.2, 0) is 12.8 Å². The number of rotatable bonds is 6. The number of aromatic nitrogens is 4. The normalized spacial score (nSPS) is 10.9. The van der Waals surface area contributed by atoms with E-state index in [4.69, 9.17) is 10.5 Å². The maximum absolute atomic E-state index is 5.59. The first-order valence-corrected chi connectivity index (χ1v) is 8.23.